The lowest BCUT2D eigenvalue weighted by molar-refractivity contribution is 0.744. The van der Waals surface area contributed by atoms with Crippen molar-refractivity contribution in [3.05, 3.63) is 76.6 Å². The summed E-state index contributed by atoms with van der Waals surface area (Å²) < 4.78 is 1.74. The maximum Gasteiger partial charge on any atom is 0.212 e. The second-order valence-corrected chi connectivity index (χ2v) is 6.29. The molecular formula is C17H15ClN4S. The molecule has 0 amide bonds. The van der Waals surface area contributed by atoms with Crippen LogP contribution in [0, 0.1) is 6.92 Å². The second-order valence-electron chi connectivity index (χ2n) is 4.92. The fourth-order valence-electron chi connectivity index (χ4n) is 1.99. The minimum atomic E-state index is 0.688. The lowest BCUT2D eigenvalue weighted by Crippen LogP contribution is -1.96. The van der Waals surface area contributed by atoms with Crippen molar-refractivity contribution in [1.29, 1.82) is 0 Å². The Morgan fingerprint density at radius 2 is 1.96 bits per heavy atom. The number of halogens is 1. The zero-order valence-corrected chi connectivity index (χ0v) is 14.1. The zero-order valence-electron chi connectivity index (χ0n) is 12.6. The summed E-state index contributed by atoms with van der Waals surface area (Å²) in [6.07, 6.45) is 1.76. The van der Waals surface area contributed by atoms with Gasteiger partial charge in [-0.2, -0.15) is 9.78 Å². The summed E-state index contributed by atoms with van der Waals surface area (Å²) >= 11 is 7.60. The Balaban J connectivity index is 1.76. The average molecular weight is 343 g/mol. The molecule has 0 aliphatic heterocycles. The van der Waals surface area contributed by atoms with Gasteiger partial charge in [0.05, 0.1) is 6.21 Å². The molecule has 23 heavy (non-hydrogen) atoms. The van der Waals surface area contributed by atoms with Gasteiger partial charge >= 0.3 is 0 Å². The van der Waals surface area contributed by atoms with Gasteiger partial charge in [-0.05, 0) is 30.2 Å². The highest BCUT2D eigenvalue weighted by Crippen LogP contribution is 2.21. The molecule has 6 heteroatoms. The van der Waals surface area contributed by atoms with Crippen molar-refractivity contribution in [2.75, 3.05) is 0 Å². The topological polar surface area (TPSA) is 43.1 Å². The van der Waals surface area contributed by atoms with E-state index in [1.807, 2.05) is 49.4 Å². The predicted molar refractivity (Wildman–Crippen MR) is 95.2 cm³/mol. The molecule has 0 aliphatic rings. The summed E-state index contributed by atoms with van der Waals surface area (Å²) in [4.78, 5) is 0. The Kier molecular flexibility index (Phi) is 5.10. The minimum absolute atomic E-state index is 0.688. The van der Waals surface area contributed by atoms with Gasteiger partial charge in [0, 0.05) is 10.8 Å². The van der Waals surface area contributed by atoms with Crippen LogP contribution in [0.4, 0.5) is 0 Å². The molecule has 4 nitrogen and oxygen atoms in total. The molecule has 0 unspecified atom stereocenters. The van der Waals surface area contributed by atoms with E-state index in [1.165, 1.54) is 5.56 Å². The number of nitrogens with zero attached hydrogens (tertiary/aromatic N) is 4. The number of thioether (sulfide) groups is 1. The summed E-state index contributed by atoms with van der Waals surface area (Å²) in [5.74, 6) is 1.57. The van der Waals surface area contributed by atoms with Gasteiger partial charge in [-0.3, -0.25) is 0 Å². The molecule has 0 spiro atoms. The average Bonchev–Trinajstić information content (AvgIpc) is 2.92. The van der Waals surface area contributed by atoms with E-state index in [-0.39, 0.29) is 0 Å². The number of hydrogen-bond donors (Lipinski definition) is 0. The zero-order chi connectivity index (χ0) is 16.1. The molecule has 0 aliphatic carbocycles. The Morgan fingerprint density at radius 3 is 2.74 bits per heavy atom. The summed E-state index contributed by atoms with van der Waals surface area (Å²) in [6.45, 7) is 1.88. The van der Waals surface area contributed by atoms with Gasteiger partial charge in [0.25, 0.3) is 0 Å². The van der Waals surface area contributed by atoms with Crippen molar-refractivity contribution in [3.8, 4) is 0 Å². The third kappa shape index (κ3) is 4.21. The molecule has 116 valence electrons. The Hall–Kier alpha value is -2.11. The van der Waals surface area contributed by atoms with Gasteiger partial charge in [0.1, 0.15) is 0 Å². The molecule has 3 aromatic rings. The van der Waals surface area contributed by atoms with E-state index >= 15 is 0 Å². The molecule has 1 aromatic heterocycles. The predicted octanol–water partition coefficient (Wildman–Crippen LogP) is 4.41. The van der Waals surface area contributed by atoms with Crippen molar-refractivity contribution in [2.24, 2.45) is 5.10 Å². The molecule has 2 aromatic carbocycles. The van der Waals surface area contributed by atoms with Gasteiger partial charge in [-0.1, -0.05) is 65.8 Å². The molecule has 3 rings (SSSR count). The molecule has 0 saturated heterocycles. The van der Waals surface area contributed by atoms with Crippen LogP contribution in [-0.2, 0) is 5.75 Å². The highest BCUT2D eigenvalue weighted by atomic mass is 35.5. The van der Waals surface area contributed by atoms with Gasteiger partial charge in [-0.15, -0.1) is 10.2 Å². The standard InChI is InChI=1S/C17H15ClN4S/c1-13-20-21-17(23-12-14-6-3-2-4-7-14)22(13)19-11-15-8-5-9-16(18)10-15/h2-11H,12H2,1H3/b19-11+. The van der Waals surface area contributed by atoms with Crippen LogP contribution in [0.3, 0.4) is 0 Å². The fourth-order valence-corrected chi connectivity index (χ4v) is 3.08. The quantitative estimate of drug-likeness (QED) is 0.509. The maximum absolute atomic E-state index is 5.99. The van der Waals surface area contributed by atoms with Crippen molar-refractivity contribution >= 4 is 29.6 Å². The minimum Gasteiger partial charge on any atom is -0.192 e. The highest BCUT2D eigenvalue weighted by molar-refractivity contribution is 7.98. The van der Waals surface area contributed by atoms with E-state index in [0.29, 0.717) is 5.02 Å². The van der Waals surface area contributed by atoms with E-state index in [4.69, 9.17) is 11.6 Å². The SMILES string of the molecule is Cc1nnc(SCc2ccccc2)n1/N=C/c1cccc(Cl)c1. The molecule has 0 radical (unpaired) electrons. The van der Waals surface area contributed by atoms with Gasteiger partial charge in [0.15, 0.2) is 5.82 Å². The number of aromatic nitrogens is 3. The van der Waals surface area contributed by atoms with E-state index in [2.05, 4.69) is 27.4 Å². The molecule has 0 saturated carbocycles. The first-order valence-electron chi connectivity index (χ1n) is 7.11. The molecule has 0 atom stereocenters. The molecule has 1 heterocycles. The van der Waals surface area contributed by atoms with Gasteiger partial charge in [-0.25, -0.2) is 0 Å². The van der Waals surface area contributed by atoms with Crippen LogP contribution >= 0.6 is 23.4 Å². The lowest BCUT2D eigenvalue weighted by Gasteiger charge is -2.02. The van der Waals surface area contributed by atoms with E-state index in [0.717, 1.165) is 22.3 Å². The van der Waals surface area contributed by atoms with E-state index in [1.54, 1.807) is 22.7 Å². The van der Waals surface area contributed by atoms with Crippen LogP contribution in [0.25, 0.3) is 0 Å². The summed E-state index contributed by atoms with van der Waals surface area (Å²) in [5, 5.41) is 14.2. The fraction of sp³-hybridized carbons (Fsp3) is 0.118. The smallest absolute Gasteiger partial charge is 0.192 e. The van der Waals surface area contributed by atoms with Crippen molar-refractivity contribution in [3.63, 3.8) is 0 Å². The third-order valence-electron chi connectivity index (χ3n) is 3.15. The first kappa shape index (κ1) is 15.8. The van der Waals surface area contributed by atoms with Crippen molar-refractivity contribution in [1.82, 2.24) is 14.9 Å². The summed E-state index contributed by atoms with van der Waals surface area (Å²) in [5.41, 5.74) is 2.17. The second kappa shape index (κ2) is 7.44. The Labute approximate surface area is 144 Å². The van der Waals surface area contributed by atoms with Crippen LogP contribution in [0.5, 0.6) is 0 Å². The highest BCUT2D eigenvalue weighted by Gasteiger charge is 2.08. The molecule has 0 N–H and O–H groups in total. The first-order chi connectivity index (χ1) is 11.2. The number of aryl methyl sites for hydroxylation is 1. The van der Waals surface area contributed by atoms with Crippen molar-refractivity contribution in [2.45, 2.75) is 17.8 Å². The number of benzene rings is 2. The van der Waals surface area contributed by atoms with Crippen LogP contribution in [-0.4, -0.2) is 21.1 Å². The largest absolute Gasteiger partial charge is 0.212 e. The summed E-state index contributed by atoms with van der Waals surface area (Å²) in [7, 11) is 0. The molecular weight excluding hydrogens is 328 g/mol. The summed E-state index contributed by atoms with van der Waals surface area (Å²) in [6, 6.07) is 17.8. The van der Waals surface area contributed by atoms with E-state index < -0.39 is 0 Å². The van der Waals surface area contributed by atoms with Gasteiger partial charge < -0.3 is 0 Å². The van der Waals surface area contributed by atoms with Crippen LogP contribution in [0.2, 0.25) is 5.02 Å². The lowest BCUT2D eigenvalue weighted by atomic mass is 10.2. The number of hydrogen-bond acceptors (Lipinski definition) is 4. The normalized spacial score (nSPS) is 11.2. The van der Waals surface area contributed by atoms with Crippen molar-refractivity contribution < 1.29 is 0 Å². The molecule has 0 bridgehead atoms. The third-order valence-corrected chi connectivity index (χ3v) is 4.38. The Bertz CT molecular complexity index is 814. The van der Waals surface area contributed by atoms with Gasteiger partial charge in [0.2, 0.25) is 5.16 Å². The molecule has 0 fully saturated rings. The number of rotatable bonds is 5. The van der Waals surface area contributed by atoms with Crippen LogP contribution in [0.15, 0.2) is 64.9 Å². The van der Waals surface area contributed by atoms with Crippen LogP contribution in [0.1, 0.15) is 17.0 Å². The maximum atomic E-state index is 5.99. The first-order valence-corrected chi connectivity index (χ1v) is 8.47. The monoisotopic (exact) mass is 342 g/mol. The Morgan fingerprint density at radius 1 is 1.13 bits per heavy atom. The van der Waals surface area contributed by atoms with Crippen LogP contribution < -0.4 is 0 Å². The van der Waals surface area contributed by atoms with E-state index in [9.17, 15) is 0 Å².